The lowest BCUT2D eigenvalue weighted by Gasteiger charge is -2.31. The Kier molecular flexibility index (Phi) is 9.02. The van der Waals surface area contributed by atoms with Gasteiger partial charge in [-0.05, 0) is 59.5 Å². The number of aromatic nitrogens is 1. The first-order valence-corrected chi connectivity index (χ1v) is 13.8. The van der Waals surface area contributed by atoms with E-state index in [2.05, 4.69) is 15.8 Å². The Hall–Kier alpha value is -3.57. The number of benzene rings is 1. The molecule has 4 rings (SSSR count). The predicted molar refractivity (Wildman–Crippen MR) is 141 cm³/mol. The molecule has 1 saturated heterocycles. The highest BCUT2D eigenvalue weighted by atomic mass is 32.1. The third kappa shape index (κ3) is 7.23. The Labute approximate surface area is 222 Å². The first-order chi connectivity index (χ1) is 17.9. The van der Waals surface area contributed by atoms with Gasteiger partial charge >= 0.3 is 0 Å². The Morgan fingerprint density at radius 1 is 1.03 bits per heavy atom. The fraction of sp³-hybridized carbons (Fsp3) is 0.346. The van der Waals surface area contributed by atoms with Crippen LogP contribution in [0.1, 0.15) is 63.0 Å². The average molecular weight is 541 g/mol. The summed E-state index contributed by atoms with van der Waals surface area (Å²) in [5.74, 6) is -0.0233. The van der Waals surface area contributed by atoms with Crippen LogP contribution >= 0.6 is 22.7 Å². The van der Waals surface area contributed by atoms with Crippen molar-refractivity contribution < 1.29 is 23.9 Å². The molecule has 0 radical (unpaired) electrons. The number of carbonyl (C=O) groups is 4. The van der Waals surface area contributed by atoms with Gasteiger partial charge in [0.1, 0.15) is 11.4 Å². The van der Waals surface area contributed by atoms with Gasteiger partial charge in [-0.15, -0.1) is 11.3 Å². The highest BCUT2D eigenvalue weighted by Gasteiger charge is 2.26. The molecule has 3 aromatic rings. The molecule has 2 aromatic heterocycles. The molecular formula is C26H28N4O5S2. The third-order valence-electron chi connectivity index (χ3n) is 6.19. The minimum Gasteiger partial charge on any atom is -0.497 e. The molecule has 194 valence electrons. The van der Waals surface area contributed by atoms with Gasteiger partial charge in [0.15, 0.2) is 5.78 Å². The number of ketones is 1. The summed E-state index contributed by atoms with van der Waals surface area (Å²) in [6, 6.07) is 8.74. The van der Waals surface area contributed by atoms with Crippen LogP contribution in [0, 0.1) is 0 Å². The number of hydrogen-bond acceptors (Lipinski definition) is 8. The van der Waals surface area contributed by atoms with Gasteiger partial charge in [0.05, 0.1) is 18.5 Å². The summed E-state index contributed by atoms with van der Waals surface area (Å²) >= 11 is 2.92. The zero-order valence-electron chi connectivity index (χ0n) is 20.4. The van der Waals surface area contributed by atoms with E-state index >= 15 is 0 Å². The number of ether oxygens (including phenoxy) is 1. The van der Waals surface area contributed by atoms with Gasteiger partial charge in [0.25, 0.3) is 5.91 Å². The monoisotopic (exact) mass is 540 g/mol. The maximum atomic E-state index is 12.7. The van der Waals surface area contributed by atoms with E-state index in [1.54, 1.807) is 41.7 Å². The number of likely N-dealkylation sites (tertiary alicyclic amines) is 1. The lowest BCUT2D eigenvalue weighted by atomic mass is 9.97. The second kappa shape index (κ2) is 12.6. The Bertz CT molecular complexity index is 1230. The van der Waals surface area contributed by atoms with Crippen LogP contribution in [0.25, 0.3) is 0 Å². The van der Waals surface area contributed by atoms with Crippen molar-refractivity contribution in [3.63, 3.8) is 0 Å². The molecule has 0 saturated carbocycles. The third-order valence-corrected chi connectivity index (χ3v) is 7.93. The number of nitrogens with zero attached hydrogens (tertiary/aromatic N) is 2. The van der Waals surface area contributed by atoms with Gasteiger partial charge in [0.2, 0.25) is 11.8 Å². The quantitative estimate of drug-likeness (QED) is 0.316. The Balaban J connectivity index is 1.19. The molecule has 0 bridgehead atoms. The number of Topliss-reactive ketones (excluding diaryl/α,β-unsaturated/α-hetero) is 1. The molecule has 1 fully saturated rings. The fourth-order valence-electron chi connectivity index (χ4n) is 4.07. The van der Waals surface area contributed by atoms with Crippen LogP contribution in [0.15, 0.2) is 46.5 Å². The van der Waals surface area contributed by atoms with Crippen molar-refractivity contribution in [1.82, 2.24) is 20.7 Å². The first kappa shape index (κ1) is 26.5. The number of rotatable bonds is 9. The molecule has 9 nitrogen and oxygen atoms in total. The number of thiophene rings is 1. The van der Waals surface area contributed by atoms with Gasteiger partial charge in [-0.2, -0.15) is 11.3 Å². The summed E-state index contributed by atoms with van der Waals surface area (Å²) in [7, 11) is 1.57. The van der Waals surface area contributed by atoms with Crippen molar-refractivity contribution >= 4 is 46.2 Å². The van der Waals surface area contributed by atoms with Crippen LogP contribution in [0.2, 0.25) is 0 Å². The lowest BCUT2D eigenvalue weighted by Crippen LogP contribution is -2.42. The molecule has 0 aliphatic carbocycles. The summed E-state index contributed by atoms with van der Waals surface area (Å²) in [4.78, 5) is 55.7. The number of carbonyl (C=O) groups excluding carboxylic acids is 4. The second-order valence-electron chi connectivity index (χ2n) is 8.69. The molecule has 37 heavy (non-hydrogen) atoms. The molecule has 11 heteroatoms. The van der Waals surface area contributed by atoms with E-state index in [4.69, 9.17) is 4.74 Å². The van der Waals surface area contributed by atoms with Gasteiger partial charge in [-0.25, -0.2) is 4.98 Å². The molecule has 0 spiro atoms. The standard InChI is InChI=1S/C26H28N4O5S2/c1-35-20-4-2-18(3-5-20)22(31)6-7-24(33)30-11-8-19(9-12-30)26-27-21(16-37-26)25(34)29-28-23(32)14-17-10-13-36-15-17/h2-5,10,13,15-16,19H,6-9,11-12,14H2,1H3,(H,28,32)(H,29,34). The number of amides is 3. The van der Waals surface area contributed by atoms with Gasteiger partial charge in [-0.1, -0.05) is 0 Å². The summed E-state index contributed by atoms with van der Waals surface area (Å²) in [5.41, 5.74) is 6.54. The minimum atomic E-state index is -0.463. The Morgan fingerprint density at radius 3 is 2.46 bits per heavy atom. The summed E-state index contributed by atoms with van der Waals surface area (Å²) < 4.78 is 5.10. The number of nitrogens with one attached hydrogen (secondary N) is 2. The molecular weight excluding hydrogens is 512 g/mol. The van der Waals surface area contributed by atoms with Crippen molar-refractivity contribution in [3.05, 3.63) is 68.3 Å². The van der Waals surface area contributed by atoms with Crippen molar-refractivity contribution in [1.29, 1.82) is 0 Å². The van der Waals surface area contributed by atoms with Crippen LogP contribution < -0.4 is 15.6 Å². The molecule has 1 aromatic carbocycles. The van der Waals surface area contributed by atoms with Crippen LogP contribution in [-0.4, -0.2) is 53.6 Å². The fourth-order valence-corrected chi connectivity index (χ4v) is 5.71. The summed E-state index contributed by atoms with van der Waals surface area (Å²) in [6.07, 6.45) is 2.02. The smallest absolute Gasteiger partial charge is 0.289 e. The lowest BCUT2D eigenvalue weighted by molar-refractivity contribution is -0.132. The largest absolute Gasteiger partial charge is 0.497 e. The Morgan fingerprint density at radius 2 is 1.78 bits per heavy atom. The van der Waals surface area contributed by atoms with E-state index in [1.807, 2.05) is 16.8 Å². The van der Waals surface area contributed by atoms with Crippen molar-refractivity contribution in [2.45, 2.75) is 38.0 Å². The summed E-state index contributed by atoms with van der Waals surface area (Å²) in [6.45, 7) is 1.17. The van der Waals surface area contributed by atoms with Crippen molar-refractivity contribution in [2.75, 3.05) is 20.2 Å². The van der Waals surface area contributed by atoms with Gasteiger partial charge < -0.3 is 9.64 Å². The number of thiazole rings is 1. The van der Waals surface area contributed by atoms with E-state index in [-0.39, 0.29) is 48.5 Å². The number of piperidine rings is 1. The van der Waals surface area contributed by atoms with Crippen LogP contribution in [0.3, 0.4) is 0 Å². The van der Waals surface area contributed by atoms with Crippen LogP contribution in [0.4, 0.5) is 0 Å². The van der Waals surface area contributed by atoms with E-state index in [9.17, 15) is 19.2 Å². The van der Waals surface area contributed by atoms with Crippen molar-refractivity contribution in [2.24, 2.45) is 0 Å². The second-order valence-corrected chi connectivity index (χ2v) is 10.4. The molecule has 1 aliphatic heterocycles. The molecule has 3 amide bonds. The zero-order chi connectivity index (χ0) is 26.2. The van der Waals surface area contributed by atoms with Gasteiger partial charge in [0, 0.05) is 42.8 Å². The van der Waals surface area contributed by atoms with Crippen LogP contribution in [-0.2, 0) is 16.0 Å². The maximum absolute atomic E-state index is 12.7. The predicted octanol–water partition coefficient (Wildman–Crippen LogP) is 3.59. The minimum absolute atomic E-state index is 0.0299. The summed E-state index contributed by atoms with van der Waals surface area (Å²) in [5, 5.41) is 6.30. The highest BCUT2D eigenvalue weighted by molar-refractivity contribution is 7.10. The highest BCUT2D eigenvalue weighted by Crippen LogP contribution is 2.30. The SMILES string of the molecule is COc1ccc(C(=O)CCC(=O)N2CCC(c3nc(C(=O)NNC(=O)Cc4ccsc4)cs3)CC2)cc1. The number of hydrogen-bond donors (Lipinski definition) is 2. The topological polar surface area (TPSA) is 118 Å². The van der Waals surface area contributed by atoms with E-state index in [0.29, 0.717) is 24.4 Å². The molecule has 3 heterocycles. The molecule has 0 atom stereocenters. The molecule has 0 unspecified atom stereocenters. The molecule has 2 N–H and O–H groups in total. The maximum Gasteiger partial charge on any atom is 0.289 e. The normalized spacial score (nSPS) is 13.7. The van der Waals surface area contributed by atoms with Crippen LogP contribution in [0.5, 0.6) is 5.75 Å². The molecule has 1 aliphatic rings. The zero-order valence-corrected chi connectivity index (χ0v) is 22.0. The van der Waals surface area contributed by atoms with Crippen molar-refractivity contribution in [3.8, 4) is 5.75 Å². The van der Waals surface area contributed by atoms with E-state index in [1.165, 1.54) is 22.7 Å². The number of hydrazine groups is 1. The van der Waals surface area contributed by atoms with E-state index < -0.39 is 5.91 Å². The average Bonchev–Trinajstić information content (AvgIpc) is 3.63. The van der Waals surface area contributed by atoms with E-state index in [0.717, 1.165) is 23.4 Å². The number of methoxy groups -OCH3 is 1. The van der Waals surface area contributed by atoms with Gasteiger partial charge in [-0.3, -0.25) is 30.0 Å². The first-order valence-electron chi connectivity index (χ1n) is 11.9.